The molecule has 4 nitrogen and oxygen atoms in total. The van der Waals surface area contributed by atoms with Crippen LogP contribution in [-0.2, 0) is 6.61 Å². The molecule has 0 unspecified atom stereocenters. The molecule has 2 heterocycles. The molecule has 16 heavy (non-hydrogen) atoms. The second-order valence-corrected chi connectivity index (χ2v) is 4.17. The first-order valence-electron chi connectivity index (χ1n) is 5.99. The molecule has 90 valence electrons. The number of nitrogens with one attached hydrogen (secondary N) is 1. The average molecular weight is 224 g/mol. The van der Waals surface area contributed by atoms with Crippen molar-refractivity contribution in [1.82, 2.24) is 10.2 Å². The monoisotopic (exact) mass is 224 g/mol. The molecule has 0 amide bonds. The Balaban J connectivity index is 2.08. The van der Waals surface area contributed by atoms with Gasteiger partial charge in [-0.1, -0.05) is 6.92 Å². The van der Waals surface area contributed by atoms with Gasteiger partial charge in [-0.2, -0.15) is 0 Å². The fourth-order valence-electron chi connectivity index (χ4n) is 2.29. The Bertz CT molecular complexity index is 319. The van der Waals surface area contributed by atoms with E-state index < -0.39 is 0 Å². The SMILES string of the molecule is CC[C@H](c1ccc(CO)o1)N1CCNCC1. The van der Waals surface area contributed by atoms with Crippen molar-refractivity contribution in [2.24, 2.45) is 0 Å². The van der Waals surface area contributed by atoms with Gasteiger partial charge in [0.05, 0.1) is 6.04 Å². The van der Waals surface area contributed by atoms with E-state index in [1.807, 2.05) is 12.1 Å². The molecule has 4 heteroatoms. The van der Waals surface area contributed by atoms with Gasteiger partial charge in [-0.15, -0.1) is 0 Å². The van der Waals surface area contributed by atoms with Crippen LogP contribution in [0.25, 0.3) is 0 Å². The number of nitrogens with zero attached hydrogens (tertiary/aromatic N) is 1. The average Bonchev–Trinajstić information content (AvgIpc) is 2.80. The number of rotatable bonds is 4. The van der Waals surface area contributed by atoms with Crippen molar-refractivity contribution < 1.29 is 9.52 Å². The zero-order valence-electron chi connectivity index (χ0n) is 9.78. The van der Waals surface area contributed by atoms with Crippen molar-refractivity contribution in [3.05, 3.63) is 23.7 Å². The number of aliphatic hydroxyl groups excluding tert-OH is 1. The van der Waals surface area contributed by atoms with Gasteiger partial charge in [-0.25, -0.2) is 0 Å². The number of piperazine rings is 1. The molecule has 1 fully saturated rings. The third-order valence-electron chi connectivity index (χ3n) is 3.15. The molecule has 2 rings (SSSR count). The van der Waals surface area contributed by atoms with Crippen LogP contribution in [-0.4, -0.2) is 36.2 Å². The van der Waals surface area contributed by atoms with Gasteiger partial charge in [0.2, 0.25) is 0 Å². The summed E-state index contributed by atoms with van der Waals surface area (Å²) in [5.74, 6) is 1.64. The summed E-state index contributed by atoms with van der Waals surface area (Å²) in [6.45, 7) is 6.38. The highest BCUT2D eigenvalue weighted by molar-refractivity contribution is 5.10. The van der Waals surface area contributed by atoms with Gasteiger partial charge < -0.3 is 14.8 Å². The Hall–Kier alpha value is -0.840. The quantitative estimate of drug-likeness (QED) is 0.805. The molecule has 0 bridgehead atoms. The second-order valence-electron chi connectivity index (χ2n) is 4.17. The fraction of sp³-hybridized carbons (Fsp3) is 0.667. The molecule has 0 aliphatic carbocycles. The largest absolute Gasteiger partial charge is 0.462 e. The third kappa shape index (κ3) is 2.45. The zero-order chi connectivity index (χ0) is 11.4. The summed E-state index contributed by atoms with van der Waals surface area (Å²) in [5.41, 5.74) is 0. The first-order valence-corrected chi connectivity index (χ1v) is 5.99. The number of hydrogen-bond acceptors (Lipinski definition) is 4. The van der Waals surface area contributed by atoms with Crippen LogP contribution in [0.3, 0.4) is 0 Å². The lowest BCUT2D eigenvalue weighted by atomic mass is 10.1. The molecule has 1 atom stereocenters. The summed E-state index contributed by atoms with van der Waals surface area (Å²) in [5, 5.41) is 12.3. The molecule has 0 aromatic carbocycles. The topological polar surface area (TPSA) is 48.6 Å². The van der Waals surface area contributed by atoms with Crippen molar-refractivity contribution in [2.45, 2.75) is 26.0 Å². The summed E-state index contributed by atoms with van der Waals surface area (Å²) in [6, 6.07) is 4.20. The minimum absolute atomic E-state index is 0.0159. The normalized spacial score (nSPS) is 19.9. The first kappa shape index (κ1) is 11.6. The Labute approximate surface area is 96.2 Å². The van der Waals surface area contributed by atoms with E-state index in [-0.39, 0.29) is 6.61 Å². The highest BCUT2D eigenvalue weighted by atomic mass is 16.4. The van der Waals surface area contributed by atoms with Gasteiger partial charge in [0.1, 0.15) is 18.1 Å². The number of hydrogen-bond donors (Lipinski definition) is 2. The third-order valence-corrected chi connectivity index (χ3v) is 3.15. The summed E-state index contributed by atoms with van der Waals surface area (Å²) in [4.78, 5) is 2.44. The van der Waals surface area contributed by atoms with Gasteiger partial charge in [0.25, 0.3) is 0 Å². The lowest BCUT2D eigenvalue weighted by molar-refractivity contribution is 0.145. The van der Waals surface area contributed by atoms with Crippen LogP contribution in [0, 0.1) is 0 Å². The predicted octanol–water partition coefficient (Wildman–Crippen LogP) is 1.13. The van der Waals surface area contributed by atoms with Crippen molar-refractivity contribution in [3.8, 4) is 0 Å². The lowest BCUT2D eigenvalue weighted by Gasteiger charge is -2.33. The molecular weight excluding hydrogens is 204 g/mol. The zero-order valence-corrected chi connectivity index (χ0v) is 9.78. The Morgan fingerprint density at radius 1 is 1.44 bits per heavy atom. The molecule has 1 aromatic heterocycles. The minimum Gasteiger partial charge on any atom is -0.462 e. The molecule has 1 aliphatic heterocycles. The Morgan fingerprint density at radius 3 is 2.75 bits per heavy atom. The molecule has 0 radical (unpaired) electrons. The van der Waals surface area contributed by atoms with E-state index in [0.717, 1.165) is 38.4 Å². The van der Waals surface area contributed by atoms with Gasteiger partial charge >= 0.3 is 0 Å². The van der Waals surface area contributed by atoms with Crippen LogP contribution in [0.15, 0.2) is 16.5 Å². The predicted molar refractivity (Wildman–Crippen MR) is 62.1 cm³/mol. The van der Waals surface area contributed by atoms with Crippen LogP contribution in [0.4, 0.5) is 0 Å². The standard InChI is InChI=1S/C12H20N2O2/c1-2-11(14-7-5-13-6-8-14)12-4-3-10(9-15)16-12/h3-4,11,13,15H,2,5-9H2,1H3/t11-/m1/s1. The van der Waals surface area contributed by atoms with Crippen LogP contribution in [0.5, 0.6) is 0 Å². The van der Waals surface area contributed by atoms with E-state index in [2.05, 4.69) is 17.1 Å². The number of aliphatic hydroxyl groups is 1. The summed E-state index contributed by atoms with van der Waals surface area (Å²) in [6.07, 6.45) is 1.04. The first-order chi connectivity index (χ1) is 7.85. The summed E-state index contributed by atoms with van der Waals surface area (Å²) < 4.78 is 5.63. The van der Waals surface area contributed by atoms with Crippen LogP contribution in [0.2, 0.25) is 0 Å². The molecule has 2 N–H and O–H groups in total. The van der Waals surface area contributed by atoms with E-state index in [1.54, 1.807) is 0 Å². The Morgan fingerprint density at radius 2 is 2.19 bits per heavy atom. The maximum absolute atomic E-state index is 9.00. The highest BCUT2D eigenvalue weighted by Crippen LogP contribution is 2.26. The van der Waals surface area contributed by atoms with Crippen molar-refractivity contribution in [3.63, 3.8) is 0 Å². The maximum atomic E-state index is 9.00. The smallest absolute Gasteiger partial charge is 0.129 e. The van der Waals surface area contributed by atoms with E-state index in [1.165, 1.54) is 0 Å². The molecule has 0 saturated carbocycles. The molecule has 0 spiro atoms. The lowest BCUT2D eigenvalue weighted by Crippen LogP contribution is -2.44. The van der Waals surface area contributed by atoms with Crippen molar-refractivity contribution in [1.29, 1.82) is 0 Å². The van der Waals surface area contributed by atoms with Gasteiger partial charge in [0.15, 0.2) is 0 Å². The summed E-state index contributed by atoms with van der Waals surface area (Å²) in [7, 11) is 0. The van der Waals surface area contributed by atoms with Crippen LogP contribution >= 0.6 is 0 Å². The molecule has 1 aromatic rings. The van der Waals surface area contributed by atoms with E-state index in [0.29, 0.717) is 11.8 Å². The highest BCUT2D eigenvalue weighted by Gasteiger charge is 2.22. The second kappa shape index (κ2) is 5.48. The van der Waals surface area contributed by atoms with Crippen molar-refractivity contribution in [2.75, 3.05) is 26.2 Å². The van der Waals surface area contributed by atoms with Gasteiger partial charge in [-0.05, 0) is 18.6 Å². The van der Waals surface area contributed by atoms with Gasteiger partial charge in [0, 0.05) is 26.2 Å². The van der Waals surface area contributed by atoms with Crippen LogP contribution < -0.4 is 5.32 Å². The van der Waals surface area contributed by atoms with Crippen LogP contribution in [0.1, 0.15) is 30.9 Å². The number of furan rings is 1. The molecule has 1 aliphatic rings. The fourth-order valence-corrected chi connectivity index (χ4v) is 2.29. The van der Waals surface area contributed by atoms with E-state index in [9.17, 15) is 0 Å². The van der Waals surface area contributed by atoms with Crippen molar-refractivity contribution >= 4 is 0 Å². The Kier molecular flexibility index (Phi) is 3.98. The minimum atomic E-state index is -0.0159. The summed E-state index contributed by atoms with van der Waals surface area (Å²) >= 11 is 0. The van der Waals surface area contributed by atoms with E-state index >= 15 is 0 Å². The molecule has 1 saturated heterocycles. The maximum Gasteiger partial charge on any atom is 0.129 e. The molecular formula is C12H20N2O2. The van der Waals surface area contributed by atoms with E-state index in [4.69, 9.17) is 9.52 Å². The van der Waals surface area contributed by atoms with Gasteiger partial charge in [-0.3, -0.25) is 4.90 Å².